The number of hydrogen-bond donors (Lipinski definition) is 1. The van der Waals surface area contributed by atoms with E-state index in [0.717, 1.165) is 28.9 Å². The minimum Gasteiger partial charge on any atom is -0.494 e. The number of aliphatic hydroxyl groups excluding tert-OH is 1. The zero-order valence-electron chi connectivity index (χ0n) is 11.8. The van der Waals surface area contributed by atoms with Gasteiger partial charge < -0.3 is 14.6 Å². The highest BCUT2D eigenvalue weighted by Gasteiger charge is 2.16. The van der Waals surface area contributed by atoms with E-state index >= 15 is 0 Å². The SMILES string of the molecule is COc1ccc(CC(O)c2ccc3c(c2)CCO3)cc1F. The minimum atomic E-state index is -0.663. The molecule has 110 valence electrons. The molecule has 0 bridgehead atoms. The van der Waals surface area contributed by atoms with Crippen LogP contribution in [0.2, 0.25) is 0 Å². The van der Waals surface area contributed by atoms with Crippen LogP contribution in [-0.4, -0.2) is 18.8 Å². The molecule has 1 N–H and O–H groups in total. The summed E-state index contributed by atoms with van der Waals surface area (Å²) in [6.45, 7) is 0.693. The van der Waals surface area contributed by atoms with Crippen molar-refractivity contribution in [1.29, 1.82) is 0 Å². The number of hydrogen-bond acceptors (Lipinski definition) is 3. The fourth-order valence-corrected chi connectivity index (χ4v) is 2.59. The summed E-state index contributed by atoms with van der Waals surface area (Å²) in [5.41, 5.74) is 2.68. The van der Waals surface area contributed by atoms with Crippen LogP contribution >= 0.6 is 0 Å². The number of ether oxygens (including phenoxy) is 2. The molecule has 0 aliphatic carbocycles. The Balaban J connectivity index is 1.76. The summed E-state index contributed by atoms with van der Waals surface area (Å²) in [4.78, 5) is 0. The summed E-state index contributed by atoms with van der Waals surface area (Å²) in [6, 6.07) is 10.4. The Kier molecular flexibility index (Phi) is 3.80. The third-order valence-electron chi connectivity index (χ3n) is 3.74. The monoisotopic (exact) mass is 288 g/mol. The molecule has 0 radical (unpaired) electrons. The number of methoxy groups -OCH3 is 1. The third kappa shape index (κ3) is 2.85. The maximum atomic E-state index is 13.7. The van der Waals surface area contributed by atoms with Gasteiger partial charge in [0.15, 0.2) is 11.6 Å². The molecule has 4 heteroatoms. The standard InChI is InChI=1S/C17H17FO3/c1-20-17-4-2-11(8-14(17)18)9-15(19)12-3-5-16-13(10-12)6-7-21-16/h2-5,8,10,15,19H,6-7,9H2,1H3. The van der Waals surface area contributed by atoms with E-state index in [2.05, 4.69) is 0 Å². The Labute approximate surface area is 122 Å². The Morgan fingerprint density at radius 1 is 1.29 bits per heavy atom. The summed E-state index contributed by atoms with van der Waals surface area (Å²) in [6.07, 6.45) is 0.567. The number of aliphatic hydroxyl groups is 1. The lowest BCUT2D eigenvalue weighted by molar-refractivity contribution is 0.178. The van der Waals surface area contributed by atoms with Gasteiger partial charge in [0.1, 0.15) is 5.75 Å². The van der Waals surface area contributed by atoms with Crippen molar-refractivity contribution in [1.82, 2.24) is 0 Å². The molecule has 0 saturated heterocycles. The molecule has 1 aliphatic heterocycles. The van der Waals surface area contributed by atoms with E-state index in [4.69, 9.17) is 9.47 Å². The Morgan fingerprint density at radius 3 is 2.90 bits per heavy atom. The van der Waals surface area contributed by atoms with Crippen molar-refractivity contribution in [3.8, 4) is 11.5 Å². The molecule has 3 nitrogen and oxygen atoms in total. The predicted molar refractivity (Wildman–Crippen MR) is 77.3 cm³/mol. The van der Waals surface area contributed by atoms with Gasteiger partial charge >= 0.3 is 0 Å². The lowest BCUT2D eigenvalue weighted by Gasteiger charge is -2.13. The Bertz CT molecular complexity index is 654. The third-order valence-corrected chi connectivity index (χ3v) is 3.74. The summed E-state index contributed by atoms with van der Waals surface area (Å²) in [7, 11) is 1.43. The molecular weight excluding hydrogens is 271 g/mol. The van der Waals surface area contributed by atoms with E-state index in [0.29, 0.717) is 13.0 Å². The molecule has 1 unspecified atom stereocenters. The lowest BCUT2D eigenvalue weighted by atomic mass is 9.99. The first-order chi connectivity index (χ1) is 10.2. The molecule has 1 heterocycles. The van der Waals surface area contributed by atoms with Crippen molar-refractivity contribution in [3.05, 3.63) is 58.9 Å². The number of benzene rings is 2. The van der Waals surface area contributed by atoms with Crippen LogP contribution in [0.1, 0.15) is 22.8 Å². The summed E-state index contributed by atoms with van der Waals surface area (Å²) in [5, 5.41) is 10.3. The topological polar surface area (TPSA) is 38.7 Å². The fraction of sp³-hybridized carbons (Fsp3) is 0.294. The van der Waals surface area contributed by atoms with Gasteiger partial charge in [0.25, 0.3) is 0 Å². The molecule has 0 aromatic heterocycles. The molecule has 0 amide bonds. The van der Waals surface area contributed by atoms with E-state index in [1.165, 1.54) is 13.2 Å². The van der Waals surface area contributed by atoms with Gasteiger partial charge in [-0.2, -0.15) is 0 Å². The molecule has 2 aromatic carbocycles. The molecule has 1 atom stereocenters. The van der Waals surface area contributed by atoms with Gasteiger partial charge in [-0.15, -0.1) is 0 Å². The van der Waals surface area contributed by atoms with Gasteiger partial charge in [0.2, 0.25) is 0 Å². The maximum absolute atomic E-state index is 13.7. The lowest BCUT2D eigenvalue weighted by Crippen LogP contribution is -2.03. The van der Waals surface area contributed by atoms with Crippen LogP contribution in [-0.2, 0) is 12.8 Å². The predicted octanol–water partition coefficient (Wildman–Crippen LogP) is 3.05. The zero-order chi connectivity index (χ0) is 14.8. The van der Waals surface area contributed by atoms with E-state index in [1.54, 1.807) is 12.1 Å². The zero-order valence-corrected chi connectivity index (χ0v) is 11.8. The first-order valence-corrected chi connectivity index (χ1v) is 6.93. The van der Waals surface area contributed by atoms with Gasteiger partial charge in [0.05, 0.1) is 19.8 Å². The molecule has 2 aromatic rings. The second-order valence-corrected chi connectivity index (χ2v) is 5.15. The van der Waals surface area contributed by atoms with Crippen molar-refractivity contribution < 1.29 is 19.0 Å². The van der Waals surface area contributed by atoms with Gasteiger partial charge in [-0.3, -0.25) is 0 Å². The molecule has 1 aliphatic rings. The van der Waals surface area contributed by atoms with Gasteiger partial charge in [-0.1, -0.05) is 12.1 Å². The normalized spacial score (nSPS) is 14.4. The van der Waals surface area contributed by atoms with Crippen molar-refractivity contribution in [3.63, 3.8) is 0 Å². The summed E-state index contributed by atoms with van der Waals surface area (Å²) < 4.78 is 24.0. The van der Waals surface area contributed by atoms with Crippen molar-refractivity contribution >= 4 is 0 Å². The smallest absolute Gasteiger partial charge is 0.165 e. The van der Waals surface area contributed by atoms with E-state index < -0.39 is 11.9 Å². The average Bonchev–Trinajstić information content (AvgIpc) is 2.94. The average molecular weight is 288 g/mol. The summed E-state index contributed by atoms with van der Waals surface area (Å²) >= 11 is 0. The first-order valence-electron chi connectivity index (χ1n) is 6.93. The highest BCUT2D eigenvalue weighted by molar-refractivity contribution is 5.41. The Morgan fingerprint density at radius 2 is 2.14 bits per heavy atom. The molecule has 21 heavy (non-hydrogen) atoms. The largest absolute Gasteiger partial charge is 0.494 e. The number of rotatable bonds is 4. The van der Waals surface area contributed by atoms with Crippen LogP contribution < -0.4 is 9.47 Å². The van der Waals surface area contributed by atoms with E-state index in [1.807, 2.05) is 18.2 Å². The summed E-state index contributed by atoms with van der Waals surface area (Å²) in [5.74, 6) is 0.689. The van der Waals surface area contributed by atoms with E-state index in [-0.39, 0.29) is 5.75 Å². The minimum absolute atomic E-state index is 0.211. The van der Waals surface area contributed by atoms with E-state index in [9.17, 15) is 9.50 Å². The Hall–Kier alpha value is -2.07. The van der Waals surface area contributed by atoms with Crippen molar-refractivity contribution in [2.24, 2.45) is 0 Å². The molecule has 0 fully saturated rings. The maximum Gasteiger partial charge on any atom is 0.165 e. The fourth-order valence-electron chi connectivity index (χ4n) is 2.59. The van der Waals surface area contributed by atoms with Crippen LogP contribution in [0.4, 0.5) is 4.39 Å². The number of halogens is 1. The van der Waals surface area contributed by atoms with Crippen LogP contribution in [0.5, 0.6) is 11.5 Å². The quantitative estimate of drug-likeness (QED) is 0.939. The molecule has 0 spiro atoms. The van der Waals surface area contributed by atoms with Gasteiger partial charge in [0, 0.05) is 12.8 Å². The van der Waals surface area contributed by atoms with Crippen LogP contribution in [0.3, 0.4) is 0 Å². The molecule has 0 saturated carbocycles. The van der Waals surface area contributed by atoms with Gasteiger partial charge in [-0.05, 0) is 41.0 Å². The highest BCUT2D eigenvalue weighted by atomic mass is 19.1. The van der Waals surface area contributed by atoms with Crippen molar-refractivity contribution in [2.75, 3.05) is 13.7 Å². The second-order valence-electron chi connectivity index (χ2n) is 5.15. The second kappa shape index (κ2) is 5.74. The van der Waals surface area contributed by atoms with Crippen LogP contribution in [0, 0.1) is 5.82 Å². The van der Waals surface area contributed by atoms with Gasteiger partial charge in [-0.25, -0.2) is 4.39 Å². The van der Waals surface area contributed by atoms with Crippen LogP contribution in [0.15, 0.2) is 36.4 Å². The molecule has 3 rings (SSSR count). The van der Waals surface area contributed by atoms with Crippen LogP contribution in [0.25, 0.3) is 0 Å². The molecular formula is C17H17FO3. The van der Waals surface area contributed by atoms with Crippen molar-refractivity contribution in [2.45, 2.75) is 18.9 Å². The first kappa shape index (κ1) is 13.9. The number of fused-ring (bicyclic) bond motifs is 1. The highest BCUT2D eigenvalue weighted by Crippen LogP contribution is 2.29.